The summed E-state index contributed by atoms with van der Waals surface area (Å²) in [5.74, 6) is 1.03. The fourth-order valence-electron chi connectivity index (χ4n) is 2.28. The van der Waals surface area contributed by atoms with Crippen LogP contribution in [0.4, 0.5) is 0 Å². The fraction of sp³-hybridized carbons (Fsp3) is 0.625. The third kappa shape index (κ3) is 5.09. The SMILES string of the molecule is CCC(NC(C)CCc1ccc(O)cc1)C(C)C. The van der Waals surface area contributed by atoms with E-state index >= 15 is 0 Å². The Kier molecular flexibility index (Phi) is 6.20. The van der Waals surface area contributed by atoms with Crippen molar-refractivity contribution in [2.75, 3.05) is 0 Å². The van der Waals surface area contributed by atoms with Crippen molar-refractivity contribution < 1.29 is 5.11 Å². The molecule has 2 unspecified atom stereocenters. The zero-order chi connectivity index (χ0) is 13.5. The number of hydrogen-bond acceptors (Lipinski definition) is 2. The molecule has 18 heavy (non-hydrogen) atoms. The molecule has 2 N–H and O–H groups in total. The molecular formula is C16H27NO. The summed E-state index contributed by atoms with van der Waals surface area (Å²) in [4.78, 5) is 0. The van der Waals surface area contributed by atoms with Crippen molar-refractivity contribution >= 4 is 0 Å². The Bertz CT molecular complexity index is 331. The number of aromatic hydroxyl groups is 1. The van der Waals surface area contributed by atoms with Crippen LogP contribution in [0.5, 0.6) is 5.75 Å². The molecule has 102 valence electrons. The van der Waals surface area contributed by atoms with E-state index in [1.165, 1.54) is 12.0 Å². The number of phenolic OH excluding ortho intramolecular Hbond substituents is 1. The highest BCUT2D eigenvalue weighted by molar-refractivity contribution is 5.25. The van der Waals surface area contributed by atoms with Gasteiger partial charge in [0.2, 0.25) is 0 Å². The normalized spacial score (nSPS) is 14.7. The van der Waals surface area contributed by atoms with Gasteiger partial charge in [-0.1, -0.05) is 32.9 Å². The molecule has 2 atom stereocenters. The standard InChI is InChI=1S/C16H27NO/c1-5-16(12(2)3)17-13(4)6-7-14-8-10-15(18)11-9-14/h8-13,16-18H,5-7H2,1-4H3. The van der Waals surface area contributed by atoms with E-state index in [4.69, 9.17) is 0 Å². The number of nitrogens with one attached hydrogen (secondary N) is 1. The minimum atomic E-state index is 0.343. The summed E-state index contributed by atoms with van der Waals surface area (Å²) in [6, 6.07) is 8.67. The van der Waals surface area contributed by atoms with Crippen LogP contribution in [0.15, 0.2) is 24.3 Å². The maximum atomic E-state index is 9.23. The van der Waals surface area contributed by atoms with Gasteiger partial charge in [-0.25, -0.2) is 0 Å². The molecule has 0 aromatic heterocycles. The molecule has 0 amide bonds. The smallest absolute Gasteiger partial charge is 0.115 e. The van der Waals surface area contributed by atoms with Crippen molar-refractivity contribution in [1.29, 1.82) is 0 Å². The molecule has 0 fully saturated rings. The predicted octanol–water partition coefficient (Wildman–Crippen LogP) is 3.74. The van der Waals surface area contributed by atoms with Gasteiger partial charge in [-0.05, 0) is 49.8 Å². The van der Waals surface area contributed by atoms with Gasteiger partial charge in [-0.2, -0.15) is 0 Å². The van der Waals surface area contributed by atoms with E-state index in [1.807, 2.05) is 12.1 Å². The summed E-state index contributed by atoms with van der Waals surface area (Å²) in [5, 5.41) is 12.9. The van der Waals surface area contributed by atoms with Crippen LogP contribution in [-0.2, 0) is 6.42 Å². The zero-order valence-corrected chi connectivity index (χ0v) is 12.1. The van der Waals surface area contributed by atoms with E-state index in [-0.39, 0.29) is 0 Å². The quantitative estimate of drug-likeness (QED) is 0.771. The van der Waals surface area contributed by atoms with Crippen molar-refractivity contribution in [2.45, 2.75) is 59.0 Å². The average Bonchev–Trinajstić information content (AvgIpc) is 2.35. The molecular weight excluding hydrogens is 222 g/mol. The lowest BCUT2D eigenvalue weighted by Gasteiger charge is -2.25. The highest BCUT2D eigenvalue weighted by Crippen LogP contribution is 2.13. The van der Waals surface area contributed by atoms with E-state index in [2.05, 4.69) is 33.0 Å². The number of aryl methyl sites for hydroxylation is 1. The maximum Gasteiger partial charge on any atom is 0.115 e. The lowest BCUT2D eigenvalue weighted by molar-refractivity contribution is 0.343. The first-order valence-electron chi connectivity index (χ1n) is 7.06. The summed E-state index contributed by atoms with van der Waals surface area (Å²) in [6.45, 7) is 9.04. The Morgan fingerprint density at radius 1 is 1.11 bits per heavy atom. The monoisotopic (exact) mass is 249 g/mol. The Labute approximate surface area is 111 Å². The fourth-order valence-corrected chi connectivity index (χ4v) is 2.28. The van der Waals surface area contributed by atoms with Gasteiger partial charge >= 0.3 is 0 Å². The lowest BCUT2D eigenvalue weighted by Crippen LogP contribution is -2.39. The van der Waals surface area contributed by atoms with Crippen LogP contribution in [0.1, 0.15) is 46.1 Å². The highest BCUT2D eigenvalue weighted by atomic mass is 16.3. The molecule has 0 bridgehead atoms. The van der Waals surface area contributed by atoms with E-state index in [0.29, 0.717) is 23.8 Å². The Balaban J connectivity index is 2.36. The van der Waals surface area contributed by atoms with Crippen molar-refractivity contribution in [3.05, 3.63) is 29.8 Å². The van der Waals surface area contributed by atoms with Gasteiger partial charge in [-0.15, -0.1) is 0 Å². The topological polar surface area (TPSA) is 32.3 Å². The first-order chi connectivity index (χ1) is 8.52. The molecule has 1 aromatic rings. The second-order valence-electron chi connectivity index (χ2n) is 5.53. The second-order valence-corrected chi connectivity index (χ2v) is 5.53. The number of phenols is 1. The van der Waals surface area contributed by atoms with Crippen LogP contribution in [0, 0.1) is 5.92 Å². The predicted molar refractivity (Wildman–Crippen MR) is 77.9 cm³/mol. The van der Waals surface area contributed by atoms with E-state index in [1.54, 1.807) is 12.1 Å². The third-order valence-corrected chi connectivity index (χ3v) is 3.55. The van der Waals surface area contributed by atoms with Crippen LogP contribution in [0.25, 0.3) is 0 Å². The van der Waals surface area contributed by atoms with Crippen LogP contribution in [0.3, 0.4) is 0 Å². The summed E-state index contributed by atoms with van der Waals surface area (Å²) in [7, 11) is 0. The summed E-state index contributed by atoms with van der Waals surface area (Å²) < 4.78 is 0. The highest BCUT2D eigenvalue weighted by Gasteiger charge is 2.13. The van der Waals surface area contributed by atoms with Crippen molar-refractivity contribution in [3.63, 3.8) is 0 Å². The lowest BCUT2D eigenvalue weighted by atomic mass is 9.99. The molecule has 0 spiro atoms. The molecule has 0 aliphatic carbocycles. The molecule has 0 aliphatic rings. The van der Waals surface area contributed by atoms with Gasteiger partial charge in [0.25, 0.3) is 0 Å². The molecule has 2 heteroatoms. The molecule has 0 heterocycles. The van der Waals surface area contributed by atoms with E-state index < -0.39 is 0 Å². The first kappa shape index (κ1) is 15.0. The third-order valence-electron chi connectivity index (χ3n) is 3.55. The molecule has 2 nitrogen and oxygen atoms in total. The van der Waals surface area contributed by atoms with Crippen LogP contribution >= 0.6 is 0 Å². The van der Waals surface area contributed by atoms with Gasteiger partial charge in [0, 0.05) is 12.1 Å². The second kappa shape index (κ2) is 7.42. The van der Waals surface area contributed by atoms with Gasteiger partial charge < -0.3 is 10.4 Å². The summed E-state index contributed by atoms with van der Waals surface area (Å²) in [6.07, 6.45) is 3.37. The van der Waals surface area contributed by atoms with Crippen LogP contribution in [-0.4, -0.2) is 17.2 Å². The number of rotatable bonds is 7. The minimum Gasteiger partial charge on any atom is -0.508 e. The van der Waals surface area contributed by atoms with Crippen molar-refractivity contribution in [2.24, 2.45) is 5.92 Å². The average molecular weight is 249 g/mol. The molecule has 0 aliphatic heterocycles. The number of hydrogen-bond donors (Lipinski definition) is 2. The Morgan fingerprint density at radius 2 is 1.72 bits per heavy atom. The Hall–Kier alpha value is -1.02. The number of benzene rings is 1. The molecule has 1 aromatic carbocycles. The molecule has 0 saturated carbocycles. The summed E-state index contributed by atoms with van der Waals surface area (Å²) >= 11 is 0. The van der Waals surface area contributed by atoms with E-state index in [9.17, 15) is 5.11 Å². The van der Waals surface area contributed by atoms with Crippen LogP contribution < -0.4 is 5.32 Å². The minimum absolute atomic E-state index is 0.343. The first-order valence-corrected chi connectivity index (χ1v) is 7.06. The largest absolute Gasteiger partial charge is 0.508 e. The van der Waals surface area contributed by atoms with Gasteiger partial charge in [0.1, 0.15) is 5.75 Å². The van der Waals surface area contributed by atoms with Gasteiger partial charge in [0.05, 0.1) is 0 Å². The summed E-state index contributed by atoms with van der Waals surface area (Å²) in [5.41, 5.74) is 1.29. The van der Waals surface area contributed by atoms with E-state index in [0.717, 1.165) is 12.8 Å². The van der Waals surface area contributed by atoms with Gasteiger partial charge in [-0.3, -0.25) is 0 Å². The van der Waals surface area contributed by atoms with Crippen molar-refractivity contribution in [1.82, 2.24) is 5.32 Å². The Morgan fingerprint density at radius 3 is 2.22 bits per heavy atom. The molecule has 0 radical (unpaired) electrons. The zero-order valence-electron chi connectivity index (χ0n) is 12.1. The van der Waals surface area contributed by atoms with Gasteiger partial charge in [0.15, 0.2) is 0 Å². The maximum absolute atomic E-state index is 9.23. The molecule has 1 rings (SSSR count). The van der Waals surface area contributed by atoms with Crippen LogP contribution in [0.2, 0.25) is 0 Å². The van der Waals surface area contributed by atoms with Crippen molar-refractivity contribution in [3.8, 4) is 5.75 Å². The molecule has 0 saturated heterocycles.